The van der Waals surface area contributed by atoms with E-state index in [1.54, 1.807) is 24.8 Å². The number of hydrogen-bond acceptors (Lipinski definition) is 6. The van der Waals surface area contributed by atoms with Gasteiger partial charge in [0.1, 0.15) is 11.9 Å². The number of anilines is 1. The molecule has 0 aliphatic carbocycles. The molecule has 0 aromatic carbocycles. The Balaban J connectivity index is 1.38. The van der Waals surface area contributed by atoms with Gasteiger partial charge in [0.05, 0.1) is 12.4 Å². The third kappa shape index (κ3) is 3.77. The van der Waals surface area contributed by atoms with E-state index in [-0.39, 0.29) is 23.8 Å². The summed E-state index contributed by atoms with van der Waals surface area (Å²) in [4.78, 5) is 39.2. The van der Waals surface area contributed by atoms with E-state index in [2.05, 4.69) is 25.3 Å². The molecule has 2 bridgehead atoms. The Bertz CT molecular complexity index is 946. The van der Waals surface area contributed by atoms with Crippen LogP contribution in [0.25, 0.3) is 0 Å². The van der Waals surface area contributed by atoms with Crippen molar-refractivity contribution in [2.75, 3.05) is 18.0 Å². The van der Waals surface area contributed by atoms with Crippen LogP contribution in [-0.2, 0) is 22.7 Å². The highest BCUT2D eigenvalue weighted by atomic mass is 16.2. The Kier molecular flexibility index (Phi) is 5.33. The summed E-state index contributed by atoms with van der Waals surface area (Å²) < 4.78 is 1.84. The fraction of sp³-hybridized carbons (Fsp3) is 0.591. The van der Waals surface area contributed by atoms with E-state index < -0.39 is 6.04 Å². The lowest BCUT2D eigenvalue weighted by Gasteiger charge is -2.56. The average molecular weight is 424 g/mol. The standard InChI is InChI=1S/C22H29N7O2/c1-2-28-12-15(10-26-28)9-25-22(31)21-17-8-16(18-4-3-5-20(30)29(18)21)13-27(14-17)19-11-23-6-7-24-19/h6-7,10-12,16-18,21H,2-5,8-9,13-14H2,1H3,(H,25,31)/t16-,17+,18-,21+/m0/s1. The smallest absolute Gasteiger partial charge is 0.243 e. The molecule has 3 saturated heterocycles. The lowest BCUT2D eigenvalue weighted by atomic mass is 9.71. The number of hydrogen-bond donors (Lipinski definition) is 1. The first kappa shape index (κ1) is 20.0. The van der Waals surface area contributed by atoms with Crippen LogP contribution in [0.2, 0.25) is 0 Å². The first-order valence-corrected chi connectivity index (χ1v) is 11.2. The summed E-state index contributed by atoms with van der Waals surface area (Å²) in [5.41, 5.74) is 0.968. The molecule has 0 radical (unpaired) electrons. The van der Waals surface area contributed by atoms with Gasteiger partial charge in [-0.25, -0.2) is 4.98 Å². The summed E-state index contributed by atoms with van der Waals surface area (Å²) in [5.74, 6) is 1.35. The molecular formula is C22H29N7O2. The number of fused-ring (bicyclic) bond motifs is 4. The number of nitrogens with zero attached hydrogens (tertiary/aromatic N) is 6. The van der Waals surface area contributed by atoms with Crippen molar-refractivity contribution < 1.29 is 9.59 Å². The van der Waals surface area contributed by atoms with Gasteiger partial charge >= 0.3 is 0 Å². The van der Waals surface area contributed by atoms with E-state index in [4.69, 9.17) is 0 Å². The van der Waals surface area contributed by atoms with Crippen LogP contribution < -0.4 is 10.2 Å². The molecule has 9 nitrogen and oxygen atoms in total. The van der Waals surface area contributed by atoms with E-state index in [0.29, 0.717) is 25.4 Å². The zero-order valence-electron chi connectivity index (χ0n) is 17.9. The summed E-state index contributed by atoms with van der Waals surface area (Å²) in [6, 6.07) is -0.315. The maximum absolute atomic E-state index is 13.4. The monoisotopic (exact) mass is 423 g/mol. The topological polar surface area (TPSA) is 96.2 Å². The number of nitrogens with one attached hydrogen (secondary N) is 1. The number of carbonyl (C=O) groups excluding carboxylic acids is 2. The van der Waals surface area contributed by atoms with Crippen LogP contribution >= 0.6 is 0 Å². The highest BCUT2D eigenvalue weighted by molar-refractivity contribution is 5.89. The third-order valence-electron chi connectivity index (χ3n) is 6.96. The van der Waals surface area contributed by atoms with Crippen LogP contribution in [0.3, 0.4) is 0 Å². The molecule has 2 aromatic rings. The normalized spacial score (nSPS) is 27.7. The van der Waals surface area contributed by atoms with Crippen LogP contribution in [0.15, 0.2) is 31.0 Å². The molecule has 31 heavy (non-hydrogen) atoms. The van der Waals surface area contributed by atoms with Crippen molar-refractivity contribution in [1.29, 1.82) is 0 Å². The number of carbonyl (C=O) groups is 2. The van der Waals surface area contributed by atoms with Crippen molar-refractivity contribution in [3.8, 4) is 0 Å². The van der Waals surface area contributed by atoms with Crippen molar-refractivity contribution in [3.63, 3.8) is 0 Å². The van der Waals surface area contributed by atoms with Gasteiger partial charge in [0.2, 0.25) is 11.8 Å². The van der Waals surface area contributed by atoms with Crippen molar-refractivity contribution in [2.45, 2.75) is 57.8 Å². The van der Waals surface area contributed by atoms with Crippen LogP contribution in [0, 0.1) is 11.8 Å². The zero-order chi connectivity index (χ0) is 21.4. The lowest BCUT2D eigenvalue weighted by Crippen LogP contribution is -2.68. The quantitative estimate of drug-likeness (QED) is 0.777. The largest absolute Gasteiger partial charge is 0.355 e. The van der Waals surface area contributed by atoms with Crippen molar-refractivity contribution in [1.82, 2.24) is 30.0 Å². The lowest BCUT2D eigenvalue weighted by molar-refractivity contribution is -0.156. The molecule has 2 aromatic heterocycles. The third-order valence-corrected chi connectivity index (χ3v) is 6.96. The van der Waals surface area contributed by atoms with Gasteiger partial charge in [0, 0.05) is 68.7 Å². The fourth-order valence-electron chi connectivity index (χ4n) is 5.60. The van der Waals surface area contributed by atoms with Gasteiger partial charge in [-0.2, -0.15) is 5.10 Å². The molecule has 0 unspecified atom stereocenters. The molecule has 9 heteroatoms. The Morgan fingerprint density at radius 3 is 2.87 bits per heavy atom. The van der Waals surface area contributed by atoms with E-state index >= 15 is 0 Å². The Morgan fingerprint density at radius 1 is 1.23 bits per heavy atom. The van der Waals surface area contributed by atoms with Gasteiger partial charge in [-0.1, -0.05) is 0 Å². The Labute approximate surface area is 181 Å². The minimum atomic E-state index is -0.435. The molecule has 3 aliphatic rings. The van der Waals surface area contributed by atoms with Crippen LogP contribution in [0.5, 0.6) is 0 Å². The van der Waals surface area contributed by atoms with Crippen molar-refractivity contribution in [2.24, 2.45) is 11.8 Å². The molecule has 4 atom stereocenters. The predicted molar refractivity (Wildman–Crippen MR) is 114 cm³/mol. The van der Waals surface area contributed by atoms with E-state index in [0.717, 1.165) is 43.7 Å². The van der Waals surface area contributed by atoms with Crippen molar-refractivity contribution in [3.05, 3.63) is 36.5 Å². The molecule has 0 saturated carbocycles. The van der Waals surface area contributed by atoms with Crippen LogP contribution in [-0.4, -0.2) is 61.6 Å². The van der Waals surface area contributed by atoms with Gasteiger partial charge in [-0.05, 0) is 32.1 Å². The second kappa shape index (κ2) is 8.28. The number of piperidine rings is 3. The summed E-state index contributed by atoms with van der Waals surface area (Å²) in [6.07, 6.45) is 12.3. The second-order valence-electron chi connectivity index (χ2n) is 8.85. The Hall–Kier alpha value is -2.97. The molecule has 164 valence electrons. The fourth-order valence-corrected chi connectivity index (χ4v) is 5.60. The maximum atomic E-state index is 13.4. The first-order valence-electron chi connectivity index (χ1n) is 11.2. The SMILES string of the molecule is CCn1cc(CNC(=O)[C@H]2[C@@H]3C[C@@H](CN(c4cnccn4)C3)[C@@H]3CCCC(=O)N32)cn1. The molecule has 5 rings (SSSR count). The average Bonchev–Trinajstić information content (AvgIpc) is 3.27. The summed E-state index contributed by atoms with van der Waals surface area (Å²) in [7, 11) is 0. The number of aromatic nitrogens is 4. The maximum Gasteiger partial charge on any atom is 0.243 e. The highest BCUT2D eigenvalue weighted by Crippen LogP contribution is 2.42. The van der Waals surface area contributed by atoms with Gasteiger partial charge in [0.15, 0.2) is 0 Å². The van der Waals surface area contributed by atoms with E-state index in [1.807, 2.05) is 22.7 Å². The van der Waals surface area contributed by atoms with E-state index in [9.17, 15) is 9.59 Å². The minimum absolute atomic E-state index is 0.0612. The molecule has 0 spiro atoms. The minimum Gasteiger partial charge on any atom is -0.355 e. The zero-order valence-corrected chi connectivity index (χ0v) is 17.9. The number of aryl methyl sites for hydroxylation is 1. The van der Waals surface area contributed by atoms with Gasteiger partial charge in [0.25, 0.3) is 0 Å². The predicted octanol–water partition coefficient (Wildman–Crippen LogP) is 1.22. The summed E-state index contributed by atoms with van der Waals surface area (Å²) >= 11 is 0. The second-order valence-corrected chi connectivity index (χ2v) is 8.85. The highest BCUT2D eigenvalue weighted by Gasteiger charge is 2.52. The van der Waals surface area contributed by atoms with Crippen molar-refractivity contribution >= 4 is 17.6 Å². The number of rotatable bonds is 5. The first-order chi connectivity index (χ1) is 15.1. The Morgan fingerprint density at radius 2 is 2.10 bits per heavy atom. The molecule has 3 fully saturated rings. The summed E-state index contributed by atoms with van der Waals surface area (Å²) in [5, 5.41) is 7.36. The van der Waals surface area contributed by atoms with E-state index in [1.165, 1.54) is 0 Å². The van der Waals surface area contributed by atoms with Gasteiger partial charge in [-0.3, -0.25) is 19.3 Å². The molecule has 5 heterocycles. The number of amides is 2. The molecule has 1 N–H and O–H groups in total. The van der Waals surface area contributed by atoms with Gasteiger partial charge < -0.3 is 15.1 Å². The van der Waals surface area contributed by atoms with Crippen LogP contribution in [0.4, 0.5) is 5.82 Å². The molecule has 3 aliphatic heterocycles. The molecule has 2 amide bonds. The van der Waals surface area contributed by atoms with Crippen LogP contribution in [0.1, 0.15) is 38.2 Å². The molecular weight excluding hydrogens is 394 g/mol. The van der Waals surface area contributed by atoms with Gasteiger partial charge in [-0.15, -0.1) is 0 Å². The summed E-state index contributed by atoms with van der Waals surface area (Å²) in [6.45, 7) is 4.81.